The largest absolute Gasteiger partial charge is 0.383 e. The first-order valence-corrected chi connectivity index (χ1v) is 3.56. The van der Waals surface area contributed by atoms with E-state index in [0.717, 1.165) is 0 Å². The van der Waals surface area contributed by atoms with Crippen LogP contribution in [0.2, 0.25) is 0 Å². The molecule has 18 heavy (non-hydrogen) atoms. The first kappa shape index (κ1) is 44.1. The van der Waals surface area contributed by atoms with Crippen molar-refractivity contribution in [2.45, 2.75) is 19.4 Å². The van der Waals surface area contributed by atoms with Crippen LogP contribution in [-0.4, -0.2) is 51.2 Å². The van der Waals surface area contributed by atoms with E-state index >= 15 is 0 Å². The van der Waals surface area contributed by atoms with E-state index in [4.69, 9.17) is 35.7 Å². The molecule has 0 saturated heterocycles. The van der Waals surface area contributed by atoms with Crippen LogP contribution in [0.4, 0.5) is 0 Å². The fourth-order valence-corrected chi connectivity index (χ4v) is 0.193. The van der Waals surface area contributed by atoms with Gasteiger partial charge in [-0.2, -0.15) is 0 Å². The summed E-state index contributed by atoms with van der Waals surface area (Å²) in [6.07, 6.45) is 0. The number of carbonyl (C=O) groups is 5. The molecule has 0 spiro atoms. The number of rotatable bonds is 1. The normalized spacial score (nSPS) is 5.22. The zero-order chi connectivity index (χ0) is 15.9. The molecule has 0 fully saturated rings. The third-order valence-corrected chi connectivity index (χ3v) is 0.466. The fraction of sp³-hybridized carbons (Fsp3) is 0.400. The van der Waals surface area contributed by atoms with Gasteiger partial charge in [0.15, 0.2) is 0 Å². The van der Waals surface area contributed by atoms with Crippen molar-refractivity contribution in [3.63, 3.8) is 0 Å². The van der Waals surface area contributed by atoms with Crippen molar-refractivity contribution in [2.75, 3.05) is 6.54 Å². The molecular weight excluding hydrogens is 282 g/mol. The van der Waals surface area contributed by atoms with Gasteiger partial charge in [-0.25, -0.2) is 6.57 Å². The maximum Gasteiger partial charge on any atom is 0.242 e. The minimum Gasteiger partial charge on any atom is -0.383 e. The van der Waals surface area contributed by atoms with Crippen LogP contribution in [0.25, 0.3) is 4.85 Å². The summed E-state index contributed by atoms with van der Waals surface area (Å²) in [4.78, 5) is 43.0. The summed E-state index contributed by atoms with van der Waals surface area (Å²) in [5.74, 6) is 0. The van der Waals surface area contributed by atoms with Gasteiger partial charge in [-0.15, -0.1) is 0 Å². The Morgan fingerprint density at radius 1 is 0.889 bits per heavy atom. The molecule has 0 aromatic carbocycles. The predicted octanol–water partition coefficient (Wildman–Crippen LogP) is -0.250. The van der Waals surface area contributed by atoms with Gasteiger partial charge in [0.2, 0.25) is 6.54 Å². The number of nitrogens with zero attached hydrogens (tertiary/aromatic N) is 1. The number of aliphatic hydroxyl groups is 1. The Hall–Kier alpha value is -1.67. The van der Waals surface area contributed by atoms with E-state index in [1.54, 1.807) is 13.8 Å². The van der Waals surface area contributed by atoms with Crippen molar-refractivity contribution < 1.29 is 46.4 Å². The van der Waals surface area contributed by atoms with Gasteiger partial charge in [0.25, 0.3) is 0 Å². The SMILES string of the molecule is C=O.C=O.C=O.C=O.C=O.[C-]#[N+]CC(C)(C)O.[Cr]. The van der Waals surface area contributed by atoms with Gasteiger partial charge in [-0.05, 0) is 13.8 Å². The first-order valence-electron chi connectivity index (χ1n) is 3.56. The molecule has 8 heteroatoms. The van der Waals surface area contributed by atoms with E-state index in [2.05, 4.69) is 4.85 Å². The third kappa shape index (κ3) is 468. The molecule has 0 amide bonds. The number of hydrogen-bond donors (Lipinski definition) is 1. The van der Waals surface area contributed by atoms with Gasteiger partial charge >= 0.3 is 0 Å². The standard InChI is InChI=1S/C5H9NO.5CH2O.Cr/c1-5(2,7)4-6-3;5*1-2;/h7H,4H2,1-2H3;5*1H2;. The zero-order valence-electron chi connectivity index (χ0n) is 10.6. The van der Waals surface area contributed by atoms with Gasteiger partial charge in [0, 0.05) is 17.4 Å². The molecule has 106 valence electrons. The van der Waals surface area contributed by atoms with E-state index in [9.17, 15) is 0 Å². The minimum absolute atomic E-state index is 0. The quantitative estimate of drug-likeness (QED) is 0.669. The first-order chi connectivity index (χ1) is 8.06. The Labute approximate surface area is 118 Å². The number of carbonyl (C=O) groups excluding carboxylic acids is 5. The van der Waals surface area contributed by atoms with Crippen LogP contribution in [0.5, 0.6) is 0 Å². The Kier molecular flexibility index (Phi) is 192. The Morgan fingerprint density at radius 3 is 1.06 bits per heavy atom. The number of hydrogen-bond acceptors (Lipinski definition) is 6. The molecule has 1 N–H and O–H groups in total. The Bertz CT molecular complexity index is 146. The molecule has 0 unspecified atom stereocenters. The second-order valence-electron chi connectivity index (χ2n) is 2.13. The molecule has 0 rings (SSSR count). The summed E-state index contributed by atoms with van der Waals surface area (Å²) in [6, 6.07) is 0. The van der Waals surface area contributed by atoms with Crippen molar-refractivity contribution in [3.8, 4) is 0 Å². The smallest absolute Gasteiger partial charge is 0.242 e. The second-order valence-corrected chi connectivity index (χ2v) is 2.13. The van der Waals surface area contributed by atoms with Crippen molar-refractivity contribution in [1.29, 1.82) is 0 Å². The van der Waals surface area contributed by atoms with Crippen LogP contribution < -0.4 is 0 Å². The predicted molar refractivity (Wildman–Crippen MR) is 63.4 cm³/mol. The average molecular weight is 301 g/mol. The molecule has 7 nitrogen and oxygen atoms in total. The molecule has 0 aliphatic rings. The molecule has 0 aromatic heterocycles. The van der Waals surface area contributed by atoms with Gasteiger partial charge in [-0.3, -0.25) is 0 Å². The van der Waals surface area contributed by atoms with Crippen LogP contribution >= 0.6 is 0 Å². The summed E-state index contributed by atoms with van der Waals surface area (Å²) >= 11 is 0. The van der Waals surface area contributed by atoms with E-state index in [-0.39, 0.29) is 23.9 Å². The summed E-state index contributed by atoms with van der Waals surface area (Å²) in [6.45, 7) is 19.7. The third-order valence-electron chi connectivity index (χ3n) is 0.466. The zero-order valence-corrected chi connectivity index (χ0v) is 11.9. The molecule has 0 aromatic rings. The molecule has 0 bridgehead atoms. The monoisotopic (exact) mass is 301 g/mol. The van der Waals surface area contributed by atoms with Crippen molar-refractivity contribution in [3.05, 3.63) is 11.4 Å². The van der Waals surface area contributed by atoms with Crippen LogP contribution in [0, 0.1) is 6.57 Å². The fourth-order valence-electron chi connectivity index (χ4n) is 0.193. The van der Waals surface area contributed by atoms with E-state index in [1.165, 1.54) is 0 Å². The van der Waals surface area contributed by atoms with Crippen molar-refractivity contribution >= 4 is 33.9 Å². The van der Waals surface area contributed by atoms with Gasteiger partial charge in [0.05, 0.1) is 0 Å². The molecule has 0 atom stereocenters. The summed E-state index contributed by atoms with van der Waals surface area (Å²) in [5, 5.41) is 8.80. The Balaban J connectivity index is -0.0000000189. The topological polar surface area (TPSA) is 110 Å². The van der Waals surface area contributed by atoms with Crippen molar-refractivity contribution in [1.82, 2.24) is 0 Å². The minimum atomic E-state index is -0.804. The van der Waals surface area contributed by atoms with E-state index in [1.807, 2.05) is 33.9 Å². The molecule has 0 saturated carbocycles. The van der Waals surface area contributed by atoms with E-state index in [0.29, 0.717) is 0 Å². The van der Waals surface area contributed by atoms with Gasteiger partial charge in [0.1, 0.15) is 39.5 Å². The summed E-state index contributed by atoms with van der Waals surface area (Å²) < 4.78 is 0. The van der Waals surface area contributed by atoms with Crippen LogP contribution in [0.3, 0.4) is 0 Å². The summed E-state index contributed by atoms with van der Waals surface area (Å²) in [5.41, 5.74) is -0.804. The maximum atomic E-state index is 8.80. The second kappa shape index (κ2) is 78.5. The van der Waals surface area contributed by atoms with Gasteiger partial charge < -0.3 is 33.9 Å². The van der Waals surface area contributed by atoms with Gasteiger partial charge in [-0.1, -0.05) is 0 Å². The average Bonchev–Trinajstić information content (AvgIpc) is 2.40. The van der Waals surface area contributed by atoms with Crippen LogP contribution in [0.1, 0.15) is 13.8 Å². The van der Waals surface area contributed by atoms with E-state index < -0.39 is 5.60 Å². The molecule has 0 radical (unpaired) electrons. The van der Waals surface area contributed by atoms with Crippen molar-refractivity contribution in [2.24, 2.45) is 0 Å². The molecular formula is C10H19CrNO6. The van der Waals surface area contributed by atoms with Crippen LogP contribution in [-0.2, 0) is 41.3 Å². The van der Waals surface area contributed by atoms with Crippen LogP contribution in [0.15, 0.2) is 0 Å². The molecule has 0 aliphatic heterocycles. The summed E-state index contributed by atoms with van der Waals surface area (Å²) in [7, 11) is 0. The molecule has 0 aliphatic carbocycles. The maximum absolute atomic E-state index is 8.80. The Morgan fingerprint density at radius 2 is 1.06 bits per heavy atom. The molecule has 0 heterocycles.